The Labute approximate surface area is 177 Å². The van der Waals surface area contributed by atoms with Crippen LogP contribution < -0.4 is 5.73 Å². The smallest absolute Gasteiger partial charge is 0.324 e. The number of carboxylic acid groups (broad SMARTS) is 1. The van der Waals surface area contributed by atoms with Crippen molar-refractivity contribution in [1.82, 2.24) is 4.31 Å². The fourth-order valence-electron chi connectivity index (χ4n) is 3.52. The second-order valence-corrected chi connectivity index (χ2v) is 10.6. The molecule has 3 unspecified atom stereocenters. The van der Waals surface area contributed by atoms with Crippen LogP contribution in [0.2, 0.25) is 0 Å². The molecule has 0 aliphatic carbocycles. The first-order valence-corrected chi connectivity index (χ1v) is 11.2. The summed E-state index contributed by atoms with van der Waals surface area (Å²) in [6, 6.07) is 7.01. The Balaban J connectivity index is 2.33. The van der Waals surface area contributed by atoms with Gasteiger partial charge in [0.1, 0.15) is 10.9 Å². The molecule has 8 nitrogen and oxygen atoms in total. The zero-order valence-corrected chi connectivity index (χ0v) is 18.6. The maximum atomic E-state index is 13.3. The second kappa shape index (κ2) is 8.49. The summed E-state index contributed by atoms with van der Waals surface area (Å²) < 4.78 is 33.0. The van der Waals surface area contributed by atoms with Crippen molar-refractivity contribution in [1.29, 1.82) is 0 Å². The van der Waals surface area contributed by atoms with E-state index in [1.165, 1.54) is 6.08 Å². The Hall–Kier alpha value is -2.23. The summed E-state index contributed by atoms with van der Waals surface area (Å²) in [7, 11) is -3.98. The SMILES string of the molecule is C=CC(c1ccc(C)cc1)S(=O)(=O)N1CCC(C(=O)O)(C(=O)OC(C)(C)C)CC1N. The molecule has 1 aromatic rings. The number of rotatable bonds is 6. The molecular formula is C21H30N2O6S. The lowest BCUT2D eigenvalue weighted by molar-refractivity contribution is -0.181. The molecular weight excluding hydrogens is 408 g/mol. The van der Waals surface area contributed by atoms with Crippen molar-refractivity contribution < 1.29 is 27.9 Å². The number of carbonyl (C=O) groups is 2. The number of nitrogens with zero attached hydrogens (tertiary/aromatic N) is 1. The molecule has 0 spiro atoms. The molecule has 0 aromatic heterocycles. The van der Waals surface area contributed by atoms with Crippen LogP contribution in [0.1, 0.15) is 50.0 Å². The number of esters is 1. The molecule has 1 saturated heterocycles. The van der Waals surface area contributed by atoms with E-state index in [-0.39, 0.29) is 19.4 Å². The van der Waals surface area contributed by atoms with Gasteiger partial charge in [0, 0.05) is 13.0 Å². The summed E-state index contributed by atoms with van der Waals surface area (Å²) in [4.78, 5) is 24.7. The van der Waals surface area contributed by atoms with Gasteiger partial charge in [-0.25, -0.2) is 8.42 Å². The molecule has 0 bridgehead atoms. The lowest BCUT2D eigenvalue weighted by atomic mass is 9.77. The number of aryl methyl sites for hydroxylation is 1. The van der Waals surface area contributed by atoms with Gasteiger partial charge in [0.2, 0.25) is 10.0 Å². The first kappa shape index (κ1) is 24.0. The van der Waals surface area contributed by atoms with Crippen LogP contribution in [0.25, 0.3) is 0 Å². The normalized spacial score (nSPS) is 24.1. The molecule has 30 heavy (non-hydrogen) atoms. The summed E-state index contributed by atoms with van der Waals surface area (Å²) in [5.74, 6) is -2.28. The van der Waals surface area contributed by atoms with Gasteiger partial charge in [-0.3, -0.25) is 9.59 Å². The molecule has 1 aliphatic rings. The number of nitrogens with two attached hydrogens (primary N) is 1. The highest BCUT2D eigenvalue weighted by molar-refractivity contribution is 7.89. The van der Waals surface area contributed by atoms with Crippen molar-refractivity contribution in [3.8, 4) is 0 Å². The van der Waals surface area contributed by atoms with Crippen LogP contribution in [0.15, 0.2) is 36.9 Å². The molecule has 1 fully saturated rings. The lowest BCUT2D eigenvalue weighted by Gasteiger charge is -2.42. The highest BCUT2D eigenvalue weighted by atomic mass is 32.2. The number of carbonyl (C=O) groups excluding carboxylic acids is 1. The minimum Gasteiger partial charge on any atom is -0.480 e. The average Bonchev–Trinajstić information content (AvgIpc) is 2.61. The highest BCUT2D eigenvalue weighted by Gasteiger charge is 2.55. The number of carboxylic acids is 1. The number of benzene rings is 1. The number of aliphatic carboxylic acids is 1. The number of piperidine rings is 1. The number of hydrogen-bond donors (Lipinski definition) is 2. The summed E-state index contributed by atoms with van der Waals surface area (Å²) >= 11 is 0. The molecule has 9 heteroatoms. The Bertz CT molecular complexity index is 920. The molecule has 1 aromatic carbocycles. The van der Waals surface area contributed by atoms with Gasteiger partial charge in [0.25, 0.3) is 0 Å². The molecule has 0 amide bonds. The first-order chi connectivity index (χ1) is 13.7. The van der Waals surface area contributed by atoms with Gasteiger partial charge in [-0.15, -0.1) is 6.58 Å². The molecule has 3 atom stereocenters. The zero-order chi connectivity index (χ0) is 22.9. The van der Waals surface area contributed by atoms with Crippen LogP contribution in [-0.2, 0) is 24.3 Å². The van der Waals surface area contributed by atoms with Gasteiger partial charge in [-0.1, -0.05) is 35.9 Å². The van der Waals surface area contributed by atoms with Crippen LogP contribution in [0.5, 0.6) is 0 Å². The van der Waals surface area contributed by atoms with Crippen LogP contribution in [0.3, 0.4) is 0 Å². The van der Waals surface area contributed by atoms with E-state index >= 15 is 0 Å². The van der Waals surface area contributed by atoms with Crippen LogP contribution in [0.4, 0.5) is 0 Å². The molecule has 1 aliphatic heterocycles. The molecule has 0 radical (unpaired) electrons. The van der Waals surface area contributed by atoms with Gasteiger partial charge in [-0.2, -0.15) is 4.31 Å². The molecule has 3 N–H and O–H groups in total. The summed E-state index contributed by atoms with van der Waals surface area (Å²) in [5.41, 5.74) is 4.85. The summed E-state index contributed by atoms with van der Waals surface area (Å²) in [5, 5.41) is 8.74. The third-order valence-corrected chi connectivity index (χ3v) is 7.37. The Kier molecular flexibility index (Phi) is 6.80. The second-order valence-electron chi connectivity index (χ2n) is 8.63. The van der Waals surface area contributed by atoms with Gasteiger partial charge in [-0.05, 0) is 39.7 Å². The maximum Gasteiger partial charge on any atom is 0.324 e. The fraction of sp³-hybridized carbons (Fsp3) is 0.524. The van der Waals surface area contributed by atoms with E-state index in [0.717, 1.165) is 9.87 Å². The van der Waals surface area contributed by atoms with Crippen molar-refractivity contribution in [2.24, 2.45) is 11.1 Å². The fourth-order valence-corrected chi connectivity index (χ4v) is 5.35. The van der Waals surface area contributed by atoms with Crippen molar-refractivity contribution in [2.45, 2.75) is 57.6 Å². The minimum atomic E-state index is -3.98. The van der Waals surface area contributed by atoms with E-state index in [2.05, 4.69) is 6.58 Å². The number of sulfonamides is 1. The van der Waals surface area contributed by atoms with Gasteiger partial charge in [0.15, 0.2) is 5.41 Å². The Morgan fingerprint density at radius 3 is 2.33 bits per heavy atom. The van der Waals surface area contributed by atoms with E-state index in [1.54, 1.807) is 45.0 Å². The van der Waals surface area contributed by atoms with E-state index in [9.17, 15) is 23.1 Å². The van der Waals surface area contributed by atoms with Crippen molar-refractivity contribution >= 4 is 22.0 Å². The third-order valence-electron chi connectivity index (χ3n) is 5.15. The Morgan fingerprint density at radius 1 is 1.33 bits per heavy atom. The third kappa shape index (κ3) is 4.74. The zero-order valence-electron chi connectivity index (χ0n) is 17.8. The van der Waals surface area contributed by atoms with Crippen molar-refractivity contribution in [3.63, 3.8) is 0 Å². The predicted octanol–water partition coefficient (Wildman–Crippen LogP) is 2.35. The number of ether oxygens (including phenoxy) is 1. The quantitative estimate of drug-likeness (QED) is 0.396. The first-order valence-electron chi connectivity index (χ1n) is 9.67. The summed E-state index contributed by atoms with van der Waals surface area (Å²) in [6.07, 6.45) is -0.490. The average molecular weight is 439 g/mol. The van der Waals surface area contributed by atoms with Crippen molar-refractivity contribution in [3.05, 3.63) is 48.0 Å². The molecule has 2 rings (SSSR count). The van der Waals surface area contributed by atoms with E-state index in [1.807, 2.05) is 6.92 Å². The van der Waals surface area contributed by atoms with Gasteiger partial charge < -0.3 is 15.6 Å². The summed E-state index contributed by atoms with van der Waals surface area (Å²) in [6.45, 7) is 10.2. The molecule has 166 valence electrons. The standard InChI is InChI=1S/C21H30N2O6S/c1-6-16(15-9-7-14(2)8-10-15)30(27,28)23-12-11-21(18(24)25,13-17(23)22)19(26)29-20(3,4)5/h6-10,16-17H,1,11-13,22H2,2-5H3,(H,24,25). The van der Waals surface area contributed by atoms with Crippen LogP contribution in [0, 0.1) is 12.3 Å². The molecule has 1 heterocycles. The van der Waals surface area contributed by atoms with Gasteiger partial charge >= 0.3 is 11.9 Å². The van der Waals surface area contributed by atoms with Gasteiger partial charge in [0.05, 0.1) is 6.17 Å². The highest BCUT2D eigenvalue weighted by Crippen LogP contribution is 2.40. The van der Waals surface area contributed by atoms with E-state index < -0.39 is 44.4 Å². The van der Waals surface area contributed by atoms with Crippen LogP contribution >= 0.6 is 0 Å². The monoisotopic (exact) mass is 438 g/mol. The maximum absolute atomic E-state index is 13.3. The van der Waals surface area contributed by atoms with E-state index in [0.29, 0.717) is 5.56 Å². The minimum absolute atomic E-state index is 0.217. The topological polar surface area (TPSA) is 127 Å². The van der Waals surface area contributed by atoms with E-state index in [4.69, 9.17) is 10.5 Å². The molecule has 0 saturated carbocycles. The van der Waals surface area contributed by atoms with Crippen LogP contribution in [-0.4, -0.2) is 48.1 Å². The largest absolute Gasteiger partial charge is 0.480 e. The van der Waals surface area contributed by atoms with Crippen molar-refractivity contribution in [2.75, 3.05) is 6.54 Å². The number of hydrogen-bond acceptors (Lipinski definition) is 6. The predicted molar refractivity (Wildman–Crippen MR) is 113 cm³/mol. The Morgan fingerprint density at radius 2 is 1.90 bits per heavy atom. The lowest BCUT2D eigenvalue weighted by Crippen LogP contribution is -2.59.